The summed E-state index contributed by atoms with van der Waals surface area (Å²) in [5, 5.41) is 7.32. The third-order valence-electron chi connectivity index (χ3n) is 3.93. The molecule has 3 unspecified atom stereocenters. The monoisotopic (exact) mass is 292 g/mol. The van der Waals surface area contributed by atoms with Crippen LogP contribution in [0.25, 0.3) is 0 Å². The van der Waals surface area contributed by atoms with Crippen molar-refractivity contribution in [3.63, 3.8) is 0 Å². The van der Waals surface area contributed by atoms with Crippen LogP contribution in [0.15, 0.2) is 24.3 Å². The van der Waals surface area contributed by atoms with Gasteiger partial charge >= 0.3 is 0 Å². The van der Waals surface area contributed by atoms with Gasteiger partial charge in [-0.2, -0.15) is 11.8 Å². The molecular formula is C16H24N2OS. The van der Waals surface area contributed by atoms with Gasteiger partial charge in [0.25, 0.3) is 0 Å². The molecule has 20 heavy (non-hydrogen) atoms. The van der Waals surface area contributed by atoms with E-state index in [4.69, 9.17) is 0 Å². The van der Waals surface area contributed by atoms with E-state index >= 15 is 0 Å². The van der Waals surface area contributed by atoms with Gasteiger partial charge in [0.2, 0.25) is 5.91 Å². The van der Waals surface area contributed by atoms with Crippen molar-refractivity contribution in [3.05, 3.63) is 29.8 Å². The molecule has 0 heterocycles. The summed E-state index contributed by atoms with van der Waals surface area (Å²) < 4.78 is 0. The number of carbonyl (C=O) groups is 1. The highest BCUT2D eigenvalue weighted by atomic mass is 32.2. The van der Waals surface area contributed by atoms with Gasteiger partial charge in [-0.15, -0.1) is 0 Å². The van der Waals surface area contributed by atoms with Crippen molar-refractivity contribution in [2.75, 3.05) is 11.6 Å². The van der Waals surface area contributed by atoms with Crippen molar-refractivity contribution in [1.29, 1.82) is 0 Å². The van der Waals surface area contributed by atoms with Crippen molar-refractivity contribution in [2.24, 2.45) is 0 Å². The van der Waals surface area contributed by atoms with E-state index in [0.717, 1.165) is 10.9 Å². The van der Waals surface area contributed by atoms with Gasteiger partial charge < -0.3 is 10.6 Å². The molecule has 0 aromatic heterocycles. The van der Waals surface area contributed by atoms with E-state index in [1.54, 1.807) is 0 Å². The fourth-order valence-electron chi connectivity index (χ4n) is 2.91. The van der Waals surface area contributed by atoms with Crippen molar-refractivity contribution >= 4 is 23.4 Å². The molecule has 1 aliphatic rings. The number of hydrogen-bond donors (Lipinski definition) is 2. The molecule has 1 saturated carbocycles. The number of nitrogens with one attached hydrogen (secondary N) is 2. The van der Waals surface area contributed by atoms with Gasteiger partial charge in [-0.1, -0.05) is 18.6 Å². The minimum absolute atomic E-state index is 0.0268. The van der Waals surface area contributed by atoms with Crippen LogP contribution in [0.2, 0.25) is 0 Å². The topological polar surface area (TPSA) is 41.1 Å². The first-order valence-electron chi connectivity index (χ1n) is 7.26. The van der Waals surface area contributed by atoms with Crippen molar-refractivity contribution in [1.82, 2.24) is 5.32 Å². The molecule has 0 spiro atoms. The van der Waals surface area contributed by atoms with Crippen LogP contribution >= 0.6 is 11.8 Å². The third kappa shape index (κ3) is 4.00. The van der Waals surface area contributed by atoms with Crippen molar-refractivity contribution in [3.8, 4) is 0 Å². The molecule has 3 nitrogen and oxygen atoms in total. The largest absolute Gasteiger partial charge is 0.326 e. The molecule has 1 fully saturated rings. The Morgan fingerprint density at radius 1 is 1.40 bits per heavy atom. The van der Waals surface area contributed by atoms with Crippen LogP contribution in [-0.4, -0.2) is 23.5 Å². The van der Waals surface area contributed by atoms with Gasteiger partial charge in [-0.05, 0) is 43.7 Å². The van der Waals surface area contributed by atoms with Crippen molar-refractivity contribution < 1.29 is 4.79 Å². The molecular weight excluding hydrogens is 268 g/mol. The Kier molecular flexibility index (Phi) is 5.49. The zero-order chi connectivity index (χ0) is 14.5. The lowest BCUT2D eigenvalue weighted by Crippen LogP contribution is -2.35. The molecule has 3 atom stereocenters. The van der Waals surface area contributed by atoms with Crippen LogP contribution in [0.1, 0.15) is 44.7 Å². The minimum Gasteiger partial charge on any atom is -0.326 e. The SMILES string of the molecule is CSC1CCCC1NC(C)c1cccc(NC(C)=O)c1. The predicted molar refractivity (Wildman–Crippen MR) is 87.2 cm³/mol. The maximum atomic E-state index is 11.1. The van der Waals surface area contributed by atoms with Crippen LogP contribution in [-0.2, 0) is 4.79 Å². The highest BCUT2D eigenvalue weighted by molar-refractivity contribution is 7.99. The smallest absolute Gasteiger partial charge is 0.221 e. The first-order chi connectivity index (χ1) is 9.60. The molecule has 4 heteroatoms. The van der Waals surface area contributed by atoms with E-state index in [1.165, 1.54) is 31.7 Å². The van der Waals surface area contributed by atoms with Gasteiger partial charge in [0.15, 0.2) is 0 Å². The van der Waals surface area contributed by atoms with E-state index < -0.39 is 0 Å². The Morgan fingerprint density at radius 2 is 2.20 bits per heavy atom. The van der Waals surface area contributed by atoms with Gasteiger partial charge in [0.1, 0.15) is 0 Å². The summed E-state index contributed by atoms with van der Waals surface area (Å²) in [6.07, 6.45) is 6.10. The van der Waals surface area contributed by atoms with Gasteiger partial charge in [-0.25, -0.2) is 0 Å². The molecule has 2 N–H and O–H groups in total. The molecule has 110 valence electrons. The van der Waals surface area contributed by atoms with Gasteiger partial charge in [0.05, 0.1) is 0 Å². The first-order valence-corrected chi connectivity index (χ1v) is 8.55. The molecule has 0 saturated heterocycles. The first kappa shape index (κ1) is 15.4. The van der Waals surface area contributed by atoms with E-state index in [1.807, 2.05) is 23.9 Å². The standard InChI is InChI=1S/C16H24N2OS/c1-11(17-15-8-5-9-16(15)20-3)13-6-4-7-14(10-13)18-12(2)19/h4,6-7,10-11,15-17H,5,8-9H2,1-3H3,(H,18,19). The summed E-state index contributed by atoms with van der Waals surface area (Å²) in [6.45, 7) is 3.73. The van der Waals surface area contributed by atoms with E-state index in [0.29, 0.717) is 12.1 Å². The third-order valence-corrected chi connectivity index (χ3v) is 5.10. The average Bonchev–Trinajstić information content (AvgIpc) is 2.85. The quantitative estimate of drug-likeness (QED) is 0.871. The summed E-state index contributed by atoms with van der Waals surface area (Å²) in [5.41, 5.74) is 2.10. The number of hydrogen-bond acceptors (Lipinski definition) is 3. The summed E-state index contributed by atoms with van der Waals surface area (Å²) in [4.78, 5) is 11.1. The van der Waals surface area contributed by atoms with Gasteiger partial charge in [0, 0.05) is 29.9 Å². The summed E-state index contributed by atoms with van der Waals surface area (Å²) in [6, 6.07) is 9.01. The zero-order valence-electron chi connectivity index (χ0n) is 12.5. The second-order valence-electron chi connectivity index (χ2n) is 5.51. The Balaban J connectivity index is 2.01. The lowest BCUT2D eigenvalue weighted by Gasteiger charge is -2.24. The maximum absolute atomic E-state index is 11.1. The highest BCUT2D eigenvalue weighted by Crippen LogP contribution is 2.30. The molecule has 1 aliphatic carbocycles. The maximum Gasteiger partial charge on any atom is 0.221 e. The second-order valence-corrected chi connectivity index (χ2v) is 6.58. The lowest BCUT2D eigenvalue weighted by atomic mass is 10.1. The van der Waals surface area contributed by atoms with Crippen LogP contribution in [0.3, 0.4) is 0 Å². The van der Waals surface area contributed by atoms with Crippen LogP contribution in [0, 0.1) is 0 Å². The fraction of sp³-hybridized carbons (Fsp3) is 0.562. The second kappa shape index (κ2) is 7.14. The van der Waals surface area contributed by atoms with E-state index in [9.17, 15) is 4.79 Å². The summed E-state index contributed by atoms with van der Waals surface area (Å²) in [7, 11) is 0. The van der Waals surface area contributed by atoms with Crippen LogP contribution in [0.4, 0.5) is 5.69 Å². The number of benzene rings is 1. The lowest BCUT2D eigenvalue weighted by molar-refractivity contribution is -0.114. The Bertz CT molecular complexity index is 464. The Morgan fingerprint density at radius 3 is 2.90 bits per heavy atom. The zero-order valence-corrected chi connectivity index (χ0v) is 13.3. The van der Waals surface area contributed by atoms with E-state index in [2.05, 4.69) is 35.9 Å². The molecule has 0 radical (unpaired) electrons. The van der Waals surface area contributed by atoms with Crippen LogP contribution in [0.5, 0.6) is 0 Å². The normalized spacial score (nSPS) is 23.6. The number of thioether (sulfide) groups is 1. The highest BCUT2D eigenvalue weighted by Gasteiger charge is 2.27. The summed E-state index contributed by atoms with van der Waals surface area (Å²) >= 11 is 1.97. The number of amides is 1. The fourth-order valence-corrected chi connectivity index (χ4v) is 3.85. The molecule has 1 amide bonds. The van der Waals surface area contributed by atoms with E-state index in [-0.39, 0.29) is 5.91 Å². The Hall–Kier alpha value is -1.00. The van der Waals surface area contributed by atoms with Crippen molar-refractivity contribution in [2.45, 2.75) is 50.4 Å². The molecule has 0 bridgehead atoms. The summed E-state index contributed by atoms with van der Waals surface area (Å²) in [5.74, 6) is -0.0268. The van der Waals surface area contributed by atoms with Gasteiger partial charge in [-0.3, -0.25) is 4.79 Å². The number of rotatable bonds is 5. The molecule has 0 aliphatic heterocycles. The minimum atomic E-state index is -0.0268. The number of carbonyl (C=O) groups excluding carboxylic acids is 1. The molecule has 2 rings (SSSR count). The van der Waals surface area contributed by atoms with Crippen LogP contribution < -0.4 is 10.6 Å². The predicted octanol–water partition coefficient (Wildman–Crippen LogP) is 3.58. The molecule has 1 aromatic carbocycles. The molecule has 1 aromatic rings. The average molecular weight is 292 g/mol. The number of anilines is 1. The Labute approximate surface area is 125 Å².